The van der Waals surface area contributed by atoms with Crippen molar-refractivity contribution in [3.63, 3.8) is 0 Å². The number of aromatic amines is 1. The first-order valence-electron chi connectivity index (χ1n) is 6.27. The van der Waals surface area contributed by atoms with Gasteiger partial charge in [0.05, 0.1) is 17.5 Å². The summed E-state index contributed by atoms with van der Waals surface area (Å²) in [6, 6.07) is 0. The molecule has 1 fully saturated rings. The maximum atomic E-state index is 12.2. The van der Waals surface area contributed by atoms with Gasteiger partial charge in [-0.05, 0) is 26.2 Å². The number of hydrogen-bond donors (Lipinski definition) is 2. The molecule has 0 saturated carbocycles. The Bertz CT molecular complexity index is 424. The van der Waals surface area contributed by atoms with E-state index in [1.54, 1.807) is 18.9 Å². The number of rotatable bonds is 3. The lowest BCUT2D eigenvalue weighted by Gasteiger charge is -2.27. The third-order valence-electron chi connectivity index (χ3n) is 3.30. The molecular weight excluding hydrogens is 232 g/mol. The summed E-state index contributed by atoms with van der Waals surface area (Å²) in [5, 5.41) is 6.67. The van der Waals surface area contributed by atoms with Gasteiger partial charge < -0.3 is 15.4 Å². The second kappa shape index (κ2) is 5.39. The summed E-state index contributed by atoms with van der Waals surface area (Å²) in [5.41, 5.74) is 7.25. The standard InChI is InChI=1S/C12H20N4O2/c1-8-10(13)11(15-14-8)12(17)16(2)7-9-5-3-4-6-18-9/h9H,3-7,13H2,1-2H3,(H,14,15). The van der Waals surface area contributed by atoms with Crippen molar-refractivity contribution in [2.45, 2.75) is 32.3 Å². The van der Waals surface area contributed by atoms with Gasteiger partial charge in [0.25, 0.3) is 5.91 Å². The Morgan fingerprint density at radius 3 is 2.94 bits per heavy atom. The number of likely N-dealkylation sites (N-methyl/N-ethyl adjacent to an activating group) is 1. The number of hydrogen-bond acceptors (Lipinski definition) is 4. The molecule has 3 N–H and O–H groups in total. The number of aromatic nitrogens is 2. The van der Waals surface area contributed by atoms with Crippen molar-refractivity contribution in [2.75, 3.05) is 25.9 Å². The highest BCUT2D eigenvalue weighted by Gasteiger charge is 2.23. The summed E-state index contributed by atoms with van der Waals surface area (Å²) in [5.74, 6) is -0.161. The predicted octanol–water partition coefficient (Wildman–Crippen LogP) is 0.941. The van der Waals surface area contributed by atoms with Gasteiger partial charge in [-0.1, -0.05) is 0 Å². The van der Waals surface area contributed by atoms with Crippen LogP contribution in [0.1, 0.15) is 35.4 Å². The lowest BCUT2D eigenvalue weighted by molar-refractivity contribution is -0.000273. The number of nitrogens with one attached hydrogen (secondary N) is 1. The van der Waals surface area contributed by atoms with E-state index in [0.29, 0.717) is 17.9 Å². The van der Waals surface area contributed by atoms with Crippen molar-refractivity contribution < 1.29 is 9.53 Å². The Balaban J connectivity index is 1.98. The van der Waals surface area contributed by atoms with Crippen LogP contribution in [-0.2, 0) is 4.74 Å². The minimum Gasteiger partial charge on any atom is -0.395 e. The molecule has 0 bridgehead atoms. The van der Waals surface area contributed by atoms with Gasteiger partial charge in [-0.2, -0.15) is 5.10 Å². The first kappa shape index (κ1) is 12.9. The normalized spacial score (nSPS) is 19.8. The molecule has 1 unspecified atom stereocenters. The van der Waals surface area contributed by atoms with Crippen LogP contribution in [0.25, 0.3) is 0 Å². The lowest BCUT2D eigenvalue weighted by atomic mass is 10.1. The zero-order valence-electron chi connectivity index (χ0n) is 10.9. The van der Waals surface area contributed by atoms with Crippen LogP contribution in [0.15, 0.2) is 0 Å². The first-order chi connectivity index (χ1) is 8.59. The third-order valence-corrected chi connectivity index (χ3v) is 3.30. The molecule has 1 aliphatic heterocycles. The molecule has 6 nitrogen and oxygen atoms in total. The Kier molecular flexibility index (Phi) is 3.86. The van der Waals surface area contributed by atoms with Gasteiger partial charge in [-0.15, -0.1) is 0 Å². The molecule has 0 spiro atoms. The molecule has 2 rings (SSSR count). The largest absolute Gasteiger partial charge is 0.395 e. The van der Waals surface area contributed by atoms with Crippen molar-refractivity contribution in [3.05, 3.63) is 11.4 Å². The average Bonchev–Trinajstić information content (AvgIpc) is 2.70. The predicted molar refractivity (Wildman–Crippen MR) is 68.3 cm³/mol. The topological polar surface area (TPSA) is 84.2 Å². The van der Waals surface area contributed by atoms with Crippen molar-refractivity contribution in [2.24, 2.45) is 0 Å². The third kappa shape index (κ3) is 2.64. The van der Waals surface area contributed by atoms with E-state index in [1.807, 2.05) is 0 Å². The molecule has 6 heteroatoms. The average molecular weight is 252 g/mol. The smallest absolute Gasteiger partial charge is 0.276 e. The van der Waals surface area contributed by atoms with Gasteiger partial charge in [0.2, 0.25) is 0 Å². The van der Waals surface area contributed by atoms with E-state index in [0.717, 1.165) is 31.6 Å². The van der Waals surface area contributed by atoms with E-state index < -0.39 is 0 Å². The fraction of sp³-hybridized carbons (Fsp3) is 0.667. The van der Waals surface area contributed by atoms with Crippen LogP contribution in [0.2, 0.25) is 0 Å². The second-order valence-electron chi connectivity index (χ2n) is 4.79. The zero-order chi connectivity index (χ0) is 13.1. The molecular formula is C12H20N4O2. The van der Waals surface area contributed by atoms with Crippen molar-refractivity contribution in [1.29, 1.82) is 0 Å². The summed E-state index contributed by atoms with van der Waals surface area (Å²) in [6.07, 6.45) is 3.41. The van der Waals surface area contributed by atoms with Crippen LogP contribution in [0.5, 0.6) is 0 Å². The summed E-state index contributed by atoms with van der Waals surface area (Å²) in [6.45, 7) is 3.17. The lowest BCUT2D eigenvalue weighted by Crippen LogP contribution is -2.37. The number of ether oxygens (including phenoxy) is 1. The Morgan fingerprint density at radius 2 is 2.39 bits per heavy atom. The van der Waals surface area contributed by atoms with Crippen LogP contribution in [0.4, 0.5) is 5.69 Å². The fourth-order valence-corrected chi connectivity index (χ4v) is 2.12. The van der Waals surface area contributed by atoms with Crippen molar-refractivity contribution in [3.8, 4) is 0 Å². The highest BCUT2D eigenvalue weighted by molar-refractivity contribution is 5.97. The Hall–Kier alpha value is -1.56. The number of carbonyl (C=O) groups is 1. The molecule has 1 aromatic rings. The molecule has 18 heavy (non-hydrogen) atoms. The van der Waals surface area contributed by atoms with Gasteiger partial charge in [0.15, 0.2) is 5.69 Å². The summed E-state index contributed by atoms with van der Waals surface area (Å²) in [4.78, 5) is 13.8. The van der Waals surface area contributed by atoms with Gasteiger partial charge in [-0.3, -0.25) is 9.89 Å². The molecule has 0 aromatic carbocycles. The Morgan fingerprint density at radius 1 is 1.61 bits per heavy atom. The number of nitrogens with zero attached hydrogens (tertiary/aromatic N) is 2. The van der Waals surface area contributed by atoms with Gasteiger partial charge in [0, 0.05) is 20.2 Å². The molecule has 100 valence electrons. The quantitative estimate of drug-likeness (QED) is 0.838. The monoisotopic (exact) mass is 252 g/mol. The number of carbonyl (C=O) groups excluding carboxylic acids is 1. The van der Waals surface area contributed by atoms with Crippen LogP contribution in [0, 0.1) is 6.92 Å². The maximum absolute atomic E-state index is 12.2. The highest BCUT2D eigenvalue weighted by Crippen LogP contribution is 2.17. The summed E-state index contributed by atoms with van der Waals surface area (Å²) < 4.78 is 5.62. The minimum atomic E-state index is -0.161. The molecule has 0 aliphatic carbocycles. The number of anilines is 1. The van der Waals surface area contributed by atoms with E-state index in [1.165, 1.54) is 0 Å². The van der Waals surface area contributed by atoms with Gasteiger partial charge >= 0.3 is 0 Å². The molecule has 2 heterocycles. The number of nitrogens with two attached hydrogens (primary N) is 1. The molecule has 1 aromatic heterocycles. The molecule has 1 saturated heterocycles. The number of nitrogen functional groups attached to an aromatic ring is 1. The fourth-order valence-electron chi connectivity index (χ4n) is 2.12. The molecule has 0 radical (unpaired) electrons. The van der Waals surface area contributed by atoms with E-state index in [-0.39, 0.29) is 12.0 Å². The first-order valence-corrected chi connectivity index (χ1v) is 6.27. The molecule has 1 aliphatic rings. The Labute approximate surface area is 106 Å². The van der Waals surface area contributed by atoms with Gasteiger partial charge in [-0.25, -0.2) is 0 Å². The zero-order valence-corrected chi connectivity index (χ0v) is 10.9. The van der Waals surface area contributed by atoms with Crippen LogP contribution in [0.3, 0.4) is 0 Å². The van der Waals surface area contributed by atoms with Crippen LogP contribution >= 0.6 is 0 Å². The minimum absolute atomic E-state index is 0.133. The van der Waals surface area contributed by atoms with E-state index in [4.69, 9.17) is 10.5 Å². The second-order valence-corrected chi connectivity index (χ2v) is 4.79. The van der Waals surface area contributed by atoms with E-state index in [2.05, 4.69) is 10.2 Å². The number of aryl methyl sites for hydroxylation is 1. The van der Waals surface area contributed by atoms with E-state index >= 15 is 0 Å². The number of amides is 1. The summed E-state index contributed by atoms with van der Waals surface area (Å²) in [7, 11) is 1.75. The SMILES string of the molecule is Cc1[nH]nc(C(=O)N(C)CC2CCCCO2)c1N. The van der Waals surface area contributed by atoms with E-state index in [9.17, 15) is 4.79 Å². The highest BCUT2D eigenvalue weighted by atomic mass is 16.5. The maximum Gasteiger partial charge on any atom is 0.276 e. The van der Waals surface area contributed by atoms with Crippen molar-refractivity contribution >= 4 is 11.6 Å². The van der Waals surface area contributed by atoms with Crippen molar-refractivity contribution in [1.82, 2.24) is 15.1 Å². The van der Waals surface area contributed by atoms with Crippen LogP contribution < -0.4 is 5.73 Å². The van der Waals surface area contributed by atoms with Crippen LogP contribution in [-0.4, -0.2) is 47.3 Å². The molecule has 1 amide bonds. The molecule has 1 atom stereocenters. The summed E-state index contributed by atoms with van der Waals surface area (Å²) >= 11 is 0. The number of H-pyrrole nitrogens is 1. The van der Waals surface area contributed by atoms with Gasteiger partial charge in [0.1, 0.15) is 0 Å².